The van der Waals surface area contributed by atoms with E-state index < -0.39 is 0 Å². The number of aldehydes is 1. The fourth-order valence-corrected chi connectivity index (χ4v) is 2.30. The second-order valence-electron chi connectivity index (χ2n) is 4.65. The van der Waals surface area contributed by atoms with Gasteiger partial charge >= 0.3 is 0 Å². The Morgan fingerprint density at radius 2 is 1.95 bits per heavy atom. The van der Waals surface area contributed by atoms with Crippen LogP contribution >= 0.6 is 0 Å². The van der Waals surface area contributed by atoms with E-state index in [1.54, 1.807) is 0 Å². The Morgan fingerprint density at radius 3 is 2.74 bits per heavy atom. The first-order chi connectivity index (χ1) is 9.28. The third kappa shape index (κ3) is 2.13. The van der Waals surface area contributed by atoms with E-state index >= 15 is 0 Å². The predicted molar refractivity (Wildman–Crippen MR) is 77.3 cm³/mol. The van der Waals surface area contributed by atoms with Crippen LogP contribution in [0.5, 0.6) is 0 Å². The van der Waals surface area contributed by atoms with Crippen molar-refractivity contribution in [3.8, 4) is 11.1 Å². The molecular weight excluding hydrogens is 234 g/mol. The largest absolute Gasteiger partial charge is 0.298 e. The van der Waals surface area contributed by atoms with Gasteiger partial charge in [-0.05, 0) is 23.9 Å². The number of benzene rings is 2. The Kier molecular flexibility index (Phi) is 2.84. The molecule has 0 unspecified atom stereocenters. The topological polar surface area (TPSA) is 30.0 Å². The summed E-state index contributed by atoms with van der Waals surface area (Å²) < 4.78 is 0. The quantitative estimate of drug-likeness (QED) is 0.640. The van der Waals surface area contributed by atoms with Crippen LogP contribution in [0, 0.1) is 6.92 Å². The second-order valence-corrected chi connectivity index (χ2v) is 4.65. The smallest absolute Gasteiger partial charge is 0.150 e. The van der Waals surface area contributed by atoms with Gasteiger partial charge in [0.05, 0.1) is 0 Å². The number of aromatic nitrogens is 1. The van der Waals surface area contributed by atoms with E-state index in [2.05, 4.69) is 30.1 Å². The number of rotatable bonds is 2. The number of carbonyl (C=O) groups is 1. The molecule has 0 aliphatic rings. The molecule has 0 fully saturated rings. The van der Waals surface area contributed by atoms with Crippen molar-refractivity contribution in [3.63, 3.8) is 0 Å². The molecule has 2 nitrogen and oxygen atoms in total. The van der Waals surface area contributed by atoms with Gasteiger partial charge in [-0.2, -0.15) is 0 Å². The molecule has 3 rings (SSSR count). The molecule has 92 valence electrons. The number of pyridine rings is 1. The lowest BCUT2D eigenvalue weighted by Gasteiger charge is -2.07. The second kappa shape index (κ2) is 4.65. The molecule has 0 spiro atoms. The van der Waals surface area contributed by atoms with Crippen molar-refractivity contribution in [1.29, 1.82) is 0 Å². The van der Waals surface area contributed by atoms with Crippen LogP contribution < -0.4 is 0 Å². The highest BCUT2D eigenvalue weighted by Crippen LogP contribution is 2.28. The van der Waals surface area contributed by atoms with E-state index in [9.17, 15) is 4.79 Å². The Bertz CT molecular complexity index is 762. The van der Waals surface area contributed by atoms with Crippen molar-refractivity contribution in [2.24, 2.45) is 0 Å². The average Bonchev–Trinajstić information content (AvgIpc) is 2.46. The van der Waals surface area contributed by atoms with E-state index in [0.29, 0.717) is 5.56 Å². The molecule has 2 aromatic carbocycles. The Hall–Kier alpha value is -2.48. The minimum absolute atomic E-state index is 0.688. The highest BCUT2D eigenvalue weighted by atomic mass is 16.1. The lowest BCUT2D eigenvalue weighted by atomic mass is 9.98. The molecule has 0 amide bonds. The van der Waals surface area contributed by atoms with Gasteiger partial charge in [-0.3, -0.25) is 9.78 Å². The number of fused-ring (bicyclic) bond motifs is 1. The SMILES string of the molecule is Cc1cccc(-c2cncc3ccc(C=O)cc23)c1. The first-order valence-corrected chi connectivity index (χ1v) is 6.18. The van der Waals surface area contributed by atoms with Crippen LogP contribution in [0.2, 0.25) is 0 Å². The zero-order valence-electron chi connectivity index (χ0n) is 10.6. The van der Waals surface area contributed by atoms with Gasteiger partial charge in [0.2, 0.25) is 0 Å². The lowest BCUT2D eigenvalue weighted by molar-refractivity contribution is 0.112. The molecule has 2 heteroatoms. The molecule has 1 heterocycles. The fraction of sp³-hybridized carbons (Fsp3) is 0.0588. The summed E-state index contributed by atoms with van der Waals surface area (Å²) in [4.78, 5) is 15.2. The van der Waals surface area contributed by atoms with Gasteiger partial charge in [0.15, 0.2) is 0 Å². The minimum Gasteiger partial charge on any atom is -0.298 e. The third-order valence-electron chi connectivity index (χ3n) is 3.25. The van der Waals surface area contributed by atoms with Gasteiger partial charge in [0.1, 0.15) is 6.29 Å². The zero-order chi connectivity index (χ0) is 13.2. The molecule has 0 aliphatic heterocycles. The van der Waals surface area contributed by atoms with E-state index in [-0.39, 0.29) is 0 Å². The summed E-state index contributed by atoms with van der Waals surface area (Å²) in [6.45, 7) is 2.07. The molecule has 0 N–H and O–H groups in total. The normalized spacial score (nSPS) is 10.6. The van der Waals surface area contributed by atoms with Crippen LogP contribution in [0.4, 0.5) is 0 Å². The molecule has 3 aromatic rings. The maximum Gasteiger partial charge on any atom is 0.150 e. The van der Waals surface area contributed by atoms with Crippen LogP contribution in [0.1, 0.15) is 15.9 Å². The number of hydrogen-bond acceptors (Lipinski definition) is 2. The summed E-state index contributed by atoms with van der Waals surface area (Å²) in [6, 6.07) is 14.0. The first kappa shape index (κ1) is 11.6. The number of aryl methyl sites for hydroxylation is 1. The van der Waals surface area contributed by atoms with Gasteiger partial charge in [-0.1, -0.05) is 42.0 Å². The summed E-state index contributed by atoms with van der Waals surface area (Å²) in [7, 11) is 0. The average molecular weight is 247 g/mol. The van der Waals surface area contributed by atoms with Crippen molar-refractivity contribution in [3.05, 3.63) is 66.0 Å². The lowest BCUT2D eigenvalue weighted by Crippen LogP contribution is -1.87. The summed E-state index contributed by atoms with van der Waals surface area (Å²) >= 11 is 0. The summed E-state index contributed by atoms with van der Waals surface area (Å²) in [5.41, 5.74) is 4.08. The monoisotopic (exact) mass is 247 g/mol. The van der Waals surface area contributed by atoms with Crippen LogP contribution in [0.25, 0.3) is 21.9 Å². The van der Waals surface area contributed by atoms with Gasteiger partial charge in [-0.25, -0.2) is 0 Å². The molecule has 0 saturated heterocycles. The zero-order valence-corrected chi connectivity index (χ0v) is 10.6. The first-order valence-electron chi connectivity index (χ1n) is 6.18. The fourth-order valence-electron chi connectivity index (χ4n) is 2.30. The summed E-state index contributed by atoms with van der Waals surface area (Å²) in [5, 5.41) is 2.11. The van der Waals surface area contributed by atoms with Gasteiger partial charge in [0.25, 0.3) is 0 Å². The Morgan fingerprint density at radius 1 is 1.05 bits per heavy atom. The third-order valence-corrected chi connectivity index (χ3v) is 3.25. The molecule has 0 atom stereocenters. The minimum atomic E-state index is 0.688. The molecule has 0 bridgehead atoms. The maximum atomic E-state index is 10.9. The molecule has 0 saturated carbocycles. The van der Waals surface area contributed by atoms with Crippen molar-refractivity contribution >= 4 is 17.1 Å². The van der Waals surface area contributed by atoms with Crippen LogP contribution in [0.3, 0.4) is 0 Å². The Labute approximate surface area is 111 Å². The standard InChI is InChI=1S/C17H13NO/c1-12-3-2-4-14(7-12)17-10-18-9-15-6-5-13(11-19)8-16(15)17/h2-11H,1H3. The van der Waals surface area contributed by atoms with E-state index in [0.717, 1.165) is 28.2 Å². The highest BCUT2D eigenvalue weighted by molar-refractivity contribution is 5.98. The van der Waals surface area contributed by atoms with Crippen molar-refractivity contribution in [2.75, 3.05) is 0 Å². The van der Waals surface area contributed by atoms with E-state index in [4.69, 9.17) is 0 Å². The summed E-state index contributed by atoms with van der Waals surface area (Å²) in [6.07, 6.45) is 4.55. The van der Waals surface area contributed by atoms with E-state index in [1.165, 1.54) is 5.56 Å². The van der Waals surface area contributed by atoms with Crippen LogP contribution in [-0.4, -0.2) is 11.3 Å². The van der Waals surface area contributed by atoms with Crippen LogP contribution in [0.15, 0.2) is 54.9 Å². The number of hydrogen-bond donors (Lipinski definition) is 0. The Balaban J connectivity index is 2.31. The maximum absolute atomic E-state index is 10.9. The molecule has 0 radical (unpaired) electrons. The molecular formula is C17H13NO. The van der Waals surface area contributed by atoms with Gasteiger partial charge in [-0.15, -0.1) is 0 Å². The van der Waals surface area contributed by atoms with Crippen molar-refractivity contribution in [1.82, 2.24) is 4.98 Å². The predicted octanol–water partition coefficient (Wildman–Crippen LogP) is 4.02. The summed E-state index contributed by atoms with van der Waals surface area (Å²) in [5.74, 6) is 0. The highest BCUT2D eigenvalue weighted by Gasteiger charge is 2.05. The number of carbonyl (C=O) groups excluding carboxylic acids is 1. The molecule has 19 heavy (non-hydrogen) atoms. The van der Waals surface area contributed by atoms with Gasteiger partial charge in [0, 0.05) is 28.9 Å². The number of nitrogens with zero attached hydrogens (tertiary/aromatic N) is 1. The van der Waals surface area contributed by atoms with Crippen LogP contribution in [-0.2, 0) is 0 Å². The van der Waals surface area contributed by atoms with Gasteiger partial charge < -0.3 is 0 Å². The van der Waals surface area contributed by atoms with Crippen molar-refractivity contribution in [2.45, 2.75) is 6.92 Å². The van der Waals surface area contributed by atoms with E-state index in [1.807, 2.05) is 36.7 Å². The van der Waals surface area contributed by atoms with Crippen molar-refractivity contribution < 1.29 is 4.79 Å². The molecule has 0 aliphatic carbocycles. The molecule has 1 aromatic heterocycles.